The summed E-state index contributed by atoms with van der Waals surface area (Å²) in [5.74, 6) is 0.225. The van der Waals surface area contributed by atoms with Crippen molar-refractivity contribution in [2.45, 2.75) is 19.9 Å². The maximum Gasteiger partial charge on any atom is 0.273 e. The number of carbonyl (C=O) groups excluding carboxylic acids is 2. The van der Waals surface area contributed by atoms with E-state index in [-0.39, 0.29) is 24.4 Å². The SMILES string of the molecule is COc1ccccc1-c1nc(C(=O)N(C)CC(=O)NC(C)C)cs1. The summed E-state index contributed by atoms with van der Waals surface area (Å²) in [6.45, 7) is 3.75. The largest absolute Gasteiger partial charge is 0.496 e. The third kappa shape index (κ3) is 4.32. The van der Waals surface area contributed by atoms with Gasteiger partial charge in [-0.15, -0.1) is 11.3 Å². The van der Waals surface area contributed by atoms with Gasteiger partial charge in [-0.1, -0.05) is 12.1 Å². The Morgan fingerprint density at radius 1 is 1.33 bits per heavy atom. The summed E-state index contributed by atoms with van der Waals surface area (Å²) in [6.07, 6.45) is 0. The number of nitrogens with one attached hydrogen (secondary N) is 1. The topological polar surface area (TPSA) is 71.5 Å². The first-order chi connectivity index (χ1) is 11.4. The van der Waals surface area contributed by atoms with Crippen LogP contribution in [0.3, 0.4) is 0 Å². The van der Waals surface area contributed by atoms with Gasteiger partial charge in [0.1, 0.15) is 16.5 Å². The highest BCUT2D eigenvalue weighted by Crippen LogP contribution is 2.31. The van der Waals surface area contributed by atoms with E-state index in [1.807, 2.05) is 38.1 Å². The number of nitrogens with zero attached hydrogens (tertiary/aromatic N) is 2. The van der Waals surface area contributed by atoms with Crippen LogP contribution in [0.2, 0.25) is 0 Å². The number of rotatable bonds is 6. The standard InChI is InChI=1S/C17H21N3O3S/c1-11(2)18-15(21)9-20(3)17(22)13-10-24-16(19-13)12-7-5-6-8-14(12)23-4/h5-8,10-11H,9H2,1-4H3,(H,18,21). The molecule has 1 aromatic carbocycles. The normalized spacial score (nSPS) is 10.5. The van der Waals surface area contributed by atoms with E-state index in [0.717, 1.165) is 5.56 Å². The van der Waals surface area contributed by atoms with Crippen molar-refractivity contribution in [2.24, 2.45) is 0 Å². The van der Waals surface area contributed by atoms with Crippen molar-refractivity contribution in [1.82, 2.24) is 15.2 Å². The van der Waals surface area contributed by atoms with E-state index >= 15 is 0 Å². The van der Waals surface area contributed by atoms with Crippen molar-refractivity contribution >= 4 is 23.2 Å². The zero-order valence-electron chi connectivity index (χ0n) is 14.2. The molecule has 0 radical (unpaired) electrons. The van der Waals surface area contributed by atoms with Crippen molar-refractivity contribution in [3.05, 3.63) is 35.3 Å². The minimum Gasteiger partial charge on any atom is -0.496 e. The molecule has 6 nitrogen and oxygen atoms in total. The Balaban J connectivity index is 2.12. The van der Waals surface area contributed by atoms with Gasteiger partial charge >= 0.3 is 0 Å². The second-order valence-electron chi connectivity index (χ2n) is 5.62. The van der Waals surface area contributed by atoms with Crippen molar-refractivity contribution < 1.29 is 14.3 Å². The number of amides is 2. The van der Waals surface area contributed by atoms with Gasteiger partial charge in [0.05, 0.1) is 19.2 Å². The van der Waals surface area contributed by atoms with Crippen LogP contribution in [0.15, 0.2) is 29.6 Å². The van der Waals surface area contributed by atoms with E-state index in [2.05, 4.69) is 10.3 Å². The predicted octanol–water partition coefficient (Wildman–Crippen LogP) is 2.42. The van der Waals surface area contributed by atoms with Gasteiger partial charge in [-0.25, -0.2) is 4.98 Å². The Bertz CT molecular complexity index is 727. The lowest BCUT2D eigenvalue weighted by atomic mass is 10.2. The van der Waals surface area contributed by atoms with Crippen LogP contribution in [0.1, 0.15) is 24.3 Å². The van der Waals surface area contributed by atoms with Gasteiger partial charge in [-0.2, -0.15) is 0 Å². The molecule has 2 aromatic rings. The first kappa shape index (κ1) is 17.9. The second-order valence-corrected chi connectivity index (χ2v) is 6.48. The second kappa shape index (κ2) is 7.92. The van der Waals surface area contributed by atoms with Crippen LogP contribution in [0, 0.1) is 0 Å². The molecule has 2 rings (SSSR count). The lowest BCUT2D eigenvalue weighted by Gasteiger charge is -2.16. The lowest BCUT2D eigenvalue weighted by molar-refractivity contribution is -0.122. The van der Waals surface area contributed by atoms with Crippen LogP contribution in [0.4, 0.5) is 0 Å². The predicted molar refractivity (Wildman–Crippen MR) is 94.3 cm³/mol. The Hall–Kier alpha value is -2.41. The highest BCUT2D eigenvalue weighted by Gasteiger charge is 2.19. The smallest absolute Gasteiger partial charge is 0.273 e. The molecule has 0 spiro atoms. The first-order valence-electron chi connectivity index (χ1n) is 7.56. The van der Waals surface area contributed by atoms with Crippen LogP contribution in [-0.2, 0) is 4.79 Å². The minimum atomic E-state index is -0.286. The third-order valence-corrected chi connectivity index (χ3v) is 4.11. The number of aromatic nitrogens is 1. The molecule has 0 unspecified atom stereocenters. The third-order valence-electron chi connectivity index (χ3n) is 3.24. The summed E-state index contributed by atoms with van der Waals surface area (Å²) in [4.78, 5) is 29.9. The van der Waals surface area contributed by atoms with E-state index in [1.54, 1.807) is 19.5 Å². The van der Waals surface area contributed by atoms with Gasteiger partial charge in [0.2, 0.25) is 5.91 Å². The van der Waals surface area contributed by atoms with Gasteiger partial charge < -0.3 is 15.0 Å². The molecule has 1 N–H and O–H groups in total. The number of carbonyl (C=O) groups is 2. The monoisotopic (exact) mass is 347 g/mol. The summed E-state index contributed by atoms with van der Waals surface area (Å²) in [5.41, 5.74) is 1.16. The lowest BCUT2D eigenvalue weighted by Crippen LogP contribution is -2.40. The van der Waals surface area contributed by atoms with Crippen molar-refractivity contribution in [3.63, 3.8) is 0 Å². The molecule has 128 valence electrons. The molecule has 0 aliphatic rings. The Morgan fingerprint density at radius 2 is 2.04 bits per heavy atom. The molecule has 0 fully saturated rings. The van der Waals surface area contributed by atoms with Crippen LogP contribution in [0.5, 0.6) is 5.75 Å². The van der Waals surface area contributed by atoms with Gasteiger partial charge in [0.15, 0.2) is 0 Å². The zero-order valence-corrected chi connectivity index (χ0v) is 15.0. The highest BCUT2D eigenvalue weighted by atomic mass is 32.1. The maximum absolute atomic E-state index is 12.4. The fourth-order valence-electron chi connectivity index (χ4n) is 2.17. The molecule has 0 atom stereocenters. The van der Waals surface area contributed by atoms with Gasteiger partial charge in [0.25, 0.3) is 5.91 Å². The van der Waals surface area contributed by atoms with Crippen molar-refractivity contribution in [2.75, 3.05) is 20.7 Å². The zero-order chi connectivity index (χ0) is 17.7. The fourth-order valence-corrected chi connectivity index (χ4v) is 2.99. The van der Waals surface area contributed by atoms with E-state index in [1.165, 1.54) is 16.2 Å². The van der Waals surface area contributed by atoms with E-state index < -0.39 is 0 Å². The van der Waals surface area contributed by atoms with Crippen LogP contribution in [0.25, 0.3) is 10.6 Å². The summed E-state index contributed by atoms with van der Waals surface area (Å²) in [6, 6.07) is 7.55. The Labute approximate surface area is 145 Å². The van der Waals surface area contributed by atoms with Gasteiger partial charge in [0, 0.05) is 18.5 Å². The summed E-state index contributed by atoms with van der Waals surface area (Å²) < 4.78 is 5.32. The molecule has 0 aliphatic heterocycles. The quantitative estimate of drug-likeness (QED) is 0.871. The molecule has 7 heteroatoms. The average Bonchev–Trinajstić information content (AvgIpc) is 3.02. The first-order valence-corrected chi connectivity index (χ1v) is 8.44. The van der Waals surface area contributed by atoms with E-state index in [9.17, 15) is 9.59 Å². The minimum absolute atomic E-state index is 0.00146. The molecule has 0 bridgehead atoms. The number of hydrogen-bond acceptors (Lipinski definition) is 5. The number of hydrogen-bond donors (Lipinski definition) is 1. The van der Waals surface area contributed by atoms with Crippen LogP contribution >= 0.6 is 11.3 Å². The molecule has 24 heavy (non-hydrogen) atoms. The maximum atomic E-state index is 12.4. The fraction of sp³-hybridized carbons (Fsp3) is 0.353. The number of para-hydroxylation sites is 1. The Morgan fingerprint density at radius 3 is 2.71 bits per heavy atom. The molecule has 1 aromatic heterocycles. The molecule has 0 saturated heterocycles. The Kier molecular flexibility index (Phi) is 5.92. The number of benzene rings is 1. The summed E-state index contributed by atoms with van der Waals surface area (Å²) >= 11 is 1.37. The van der Waals surface area contributed by atoms with Crippen molar-refractivity contribution in [1.29, 1.82) is 0 Å². The number of methoxy groups -OCH3 is 1. The van der Waals surface area contributed by atoms with Crippen LogP contribution < -0.4 is 10.1 Å². The molecule has 2 amide bonds. The molecular weight excluding hydrogens is 326 g/mol. The highest BCUT2D eigenvalue weighted by molar-refractivity contribution is 7.13. The molecule has 1 heterocycles. The van der Waals surface area contributed by atoms with Crippen molar-refractivity contribution in [3.8, 4) is 16.3 Å². The summed E-state index contributed by atoms with van der Waals surface area (Å²) in [7, 11) is 3.18. The average molecular weight is 347 g/mol. The molecular formula is C17H21N3O3S. The number of ether oxygens (including phenoxy) is 1. The number of thiazole rings is 1. The van der Waals surface area contributed by atoms with Gasteiger partial charge in [-0.05, 0) is 26.0 Å². The number of likely N-dealkylation sites (N-methyl/N-ethyl adjacent to an activating group) is 1. The summed E-state index contributed by atoms with van der Waals surface area (Å²) in [5, 5.41) is 5.16. The van der Waals surface area contributed by atoms with Gasteiger partial charge in [-0.3, -0.25) is 9.59 Å². The van der Waals surface area contributed by atoms with E-state index in [4.69, 9.17) is 4.74 Å². The molecule has 0 saturated carbocycles. The molecule has 0 aliphatic carbocycles. The van der Waals surface area contributed by atoms with E-state index in [0.29, 0.717) is 16.5 Å². The van der Waals surface area contributed by atoms with Crippen LogP contribution in [-0.4, -0.2) is 48.4 Å².